The summed E-state index contributed by atoms with van der Waals surface area (Å²) in [4.78, 5) is 0. The summed E-state index contributed by atoms with van der Waals surface area (Å²) in [7, 11) is 0. The highest BCUT2D eigenvalue weighted by Gasteiger charge is 2.49. The van der Waals surface area contributed by atoms with E-state index < -0.39 is 11.7 Å². The fourth-order valence-corrected chi connectivity index (χ4v) is 4.04. The number of aliphatic hydroxyl groups excluding tert-OH is 1. The van der Waals surface area contributed by atoms with Crippen LogP contribution in [0.4, 0.5) is 0 Å². The third kappa shape index (κ3) is 1.42. The zero-order valence-corrected chi connectivity index (χ0v) is 9.50. The fraction of sp³-hybridized carbons (Fsp3) is 0.818. The van der Waals surface area contributed by atoms with Gasteiger partial charge in [0.25, 0.3) is 0 Å². The van der Waals surface area contributed by atoms with Crippen LogP contribution in [0.15, 0.2) is 12.2 Å². The Labute approximate surface area is 89.4 Å². The van der Waals surface area contributed by atoms with Gasteiger partial charge in [-0.15, -0.1) is 0 Å². The van der Waals surface area contributed by atoms with E-state index in [2.05, 4.69) is 12.2 Å². The lowest BCUT2D eigenvalue weighted by atomic mass is 9.77. The molecule has 1 aliphatic heterocycles. The van der Waals surface area contributed by atoms with Crippen LogP contribution in [0.5, 0.6) is 0 Å². The molecule has 0 spiro atoms. The van der Waals surface area contributed by atoms with Crippen molar-refractivity contribution < 1.29 is 10.2 Å². The van der Waals surface area contributed by atoms with E-state index in [9.17, 15) is 10.2 Å². The van der Waals surface area contributed by atoms with Gasteiger partial charge in [-0.2, -0.15) is 11.8 Å². The first kappa shape index (κ1) is 10.5. The second-order valence-corrected chi connectivity index (χ2v) is 5.67. The highest BCUT2D eigenvalue weighted by molar-refractivity contribution is 7.99. The molecule has 2 rings (SSSR count). The van der Waals surface area contributed by atoms with Crippen molar-refractivity contribution in [2.45, 2.75) is 25.6 Å². The van der Waals surface area contributed by atoms with E-state index in [0.29, 0.717) is 0 Å². The van der Waals surface area contributed by atoms with Crippen LogP contribution in [-0.4, -0.2) is 33.4 Å². The number of hydrogen-bond acceptors (Lipinski definition) is 3. The van der Waals surface area contributed by atoms with Crippen molar-refractivity contribution in [3.63, 3.8) is 0 Å². The molecule has 1 saturated heterocycles. The Hall–Kier alpha value is 0.01000. The second kappa shape index (κ2) is 3.54. The third-order valence-electron chi connectivity index (χ3n) is 3.76. The molecule has 0 bridgehead atoms. The minimum atomic E-state index is -0.689. The van der Waals surface area contributed by atoms with Crippen molar-refractivity contribution in [2.24, 2.45) is 17.8 Å². The molecule has 80 valence electrons. The predicted octanol–water partition coefficient (Wildman–Crippen LogP) is 1.28. The van der Waals surface area contributed by atoms with Gasteiger partial charge in [-0.1, -0.05) is 26.0 Å². The molecule has 5 atom stereocenters. The quantitative estimate of drug-likeness (QED) is 0.597. The molecule has 0 saturated carbocycles. The van der Waals surface area contributed by atoms with Gasteiger partial charge in [0.2, 0.25) is 0 Å². The molecular weight excluding hydrogens is 196 g/mol. The highest BCUT2D eigenvalue weighted by atomic mass is 32.2. The summed E-state index contributed by atoms with van der Waals surface area (Å²) in [6, 6.07) is 0. The zero-order valence-electron chi connectivity index (χ0n) is 8.68. The summed E-state index contributed by atoms with van der Waals surface area (Å²) in [6.07, 6.45) is 3.73. The Kier molecular flexibility index (Phi) is 2.66. The van der Waals surface area contributed by atoms with Gasteiger partial charge in [-0.3, -0.25) is 0 Å². The molecule has 14 heavy (non-hydrogen) atoms. The van der Waals surface area contributed by atoms with Gasteiger partial charge in [0.15, 0.2) is 0 Å². The van der Waals surface area contributed by atoms with Crippen LogP contribution in [0.2, 0.25) is 0 Å². The Balaban J connectivity index is 2.32. The number of aliphatic hydroxyl groups is 2. The van der Waals surface area contributed by atoms with E-state index in [4.69, 9.17) is 0 Å². The van der Waals surface area contributed by atoms with Crippen molar-refractivity contribution in [3.05, 3.63) is 12.2 Å². The van der Waals surface area contributed by atoms with E-state index in [1.54, 1.807) is 11.8 Å². The van der Waals surface area contributed by atoms with Gasteiger partial charge in [0.1, 0.15) is 0 Å². The molecule has 2 aliphatic rings. The lowest BCUT2D eigenvalue weighted by Gasteiger charge is -2.35. The first-order valence-corrected chi connectivity index (χ1v) is 6.37. The molecule has 2 nitrogen and oxygen atoms in total. The van der Waals surface area contributed by atoms with Gasteiger partial charge in [0, 0.05) is 29.3 Å². The van der Waals surface area contributed by atoms with E-state index in [-0.39, 0.29) is 17.8 Å². The minimum absolute atomic E-state index is 0.0347. The summed E-state index contributed by atoms with van der Waals surface area (Å²) in [6.45, 7) is 3.97. The van der Waals surface area contributed by atoms with Crippen molar-refractivity contribution in [3.8, 4) is 0 Å². The lowest BCUT2D eigenvalue weighted by Crippen LogP contribution is -2.47. The van der Waals surface area contributed by atoms with E-state index in [1.807, 2.05) is 13.8 Å². The summed E-state index contributed by atoms with van der Waals surface area (Å²) in [5, 5.41) is 20.5. The van der Waals surface area contributed by atoms with Crippen molar-refractivity contribution in [2.75, 3.05) is 11.5 Å². The van der Waals surface area contributed by atoms with Crippen LogP contribution < -0.4 is 0 Å². The molecule has 0 amide bonds. The monoisotopic (exact) mass is 214 g/mol. The summed E-state index contributed by atoms with van der Waals surface area (Å²) in [5.74, 6) is 2.09. The van der Waals surface area contributed by atoms with Gasteiger partial charge in [-0.05, 0) is 0 Å². The van der Waals surface area contributed by atoms with Crippen LogP contribution in [0.3, 0.4) is 0 Å². The van der Waals surface area contributed by atoms with Crippen LogP contribution in [0.25, 0.3) is 0 Å². The molecule has 0 aromatic carbocycles. The SMILES string of the molecule is C[C@H]1C=C[C@@H]2CSC[C@@]2(O)[C@@H](C)[C@H]1O. The summed E-state index contributed by atoms with van der Waals surface area (Å²) < 4.78 is 0. The number of rotatable bonds is 0. The van der Waals surface area contributed by atoms with Crippen molar-refractivity contribution >= 4 is 11.8 Å². The van der Waals surface area contributed by atoms with Gasteiger partial charge in [-0.25, -0.2) is 0 Å². The smallest absolute Gasteiger partial charge is 0.0858 e. The third-order valence-corrected chi connectivity index (χ3v) is 5.02. The second-order valence-electron chi connectivity index (χ2n) is 4.64. The topological polar surface area (TPSA) is 40.5 Å². The Morgan fingerprint density at radius 2 is 2.07 bits per heavy atom. The molecule has 0 aromatic heterocycles. The first-order valence-electron chi connectivity index (χ1n) is 5.22. The molecule has 0 unspecified atom stereocenters. The normalized spacial score (nSPS) is 52.9. The minimum Gasteiger partial charge on any atom is -0.392 e. The lowest BCUT2D eigenvalue weighted by molar-refractivity contribution is -0.0692. The molecule has 0 aromatic rings. The maximum Gasteiger partial charge on any atom is 0.0858 e. The molecule has 1 aliphatic carbocycles. The molecule has 3 heteroatoms. The van der Waals surface area contributed by atoms with E-state index in [0.717, 1.165) is 11.5 Å². The largest absolute Gasteiger partial charge is 0.392 e. The average Bonchev–Trinajstić information content (AvgIpc) is 2.52. The highest BCUT2D eigenvalue weighted by Crippen LogP contribution is 2.44. The maximum absolute atomic E-state index is 10.5. The van der Waals surface area contributed by atoms with Gasteiger partial charge >= 0.3 is 0 Å². The van der Waals surface area contributed by atoms with Crippen molar-refractivity contribution in [1.29, 1.82) is 0 Å². The molecule has 2 N–H and O–H groups in total. The number of thioether (sulfide) groups is 1. The Morgan fingerprint density at radius 3 is 2.79 bits per heavy atom. The predicted molar refractivity (Wildman–Crippen MR) is 59.2 cm³/mol. The van der Waals surface area contributed by atoms with E-state index in [1.165, 1.54) is 0 Å². The number of fused-ring (bicyclic) bond motifs is 1. The van der Waals surface area contributed by atoms with Crippen molar-refractivity contribution in [1.82, 2.24) is 0 Å². The summed E-state index contributed by atoms with van der Waals surface area (Å²) >= 11 is 1.78. The van der Waals surface area contributed by atoms with Crippen LogP contribution in [0.1, 0.15) is 13.8 Å². The fourth-order valence-electron chi connectivity index (χ4n) is 2.47. The Bertz CT molecular complexity index is 254. The van der Waals surface area contributed by atoms with Gasteiger partial charge < -0.3 is 10.2 Å². The van der Waals surface area contributed by atoms with Crippen LogP contribution in [0, 0.1) is 17.8 Å². The number of hydrogen-bond donors (Lipinski definition) is 2. The Morgan fingerprint density at radius 1 is 1.36 bits per heavy atom. The maximum atomic E-state index is 10.5. The standard InChI is InChI=1S/C11H18O2S/c1-7-3-4-9-5-14-6-11(9,13)8(2)10(7)12/h3-4,7-10,12-13H,5-6H2,1-2H3/t7-,8-,9+,10-,11+/m0/s1. The molecular formula is C11H18O2S. The molecule has 1 heterocycles. The molecule has 0 radical (unpaired) electrons. The molecule has 1 fully saturated rings. The van der Waals surface area contributed by atoms with Gasteiger partial charge in [0.05, 0.1) is 11.7 Å². The summed E-state index contributed by atoms with van der Waals surface area (Å²) in [5.41, 5.74) is -0.689. The van der Waals surface area contributed by atoms with E-state index >= 15 is 0 Å². The van der Waals surface area contributed by atoms with Crippen LogP contribution in [-0.2, 0) is 0 Å². The zero-order chi connectivity index (χ0) is 10.3. The average molecular weight is 214 g/mol. The van der Waals surface area contributed by atoms with Crippen LogP contribution >= 0.6 is 11.8 Å². The first-order chi connectivity index (χ1) is 6.55.